The molecule has 0 unspecified atom stereocenters. The zero-order valence-corrected chi connectivity index (χ0v) is 10.3. The minimum atomic E-state index is -0.274. The first-order chi connectivity index (χ1) is 8.52. The third kappa shape index (κ3) is 2.09. The molecule has 0 bridgehead atoms. The number of aromatic hydroxyl groups is 1. The first kappa shape index (κ1) is 12.2. The van der Waals surface area contributed by atoms with Crippen LogP contribution < -0.4 is 5.73 Å². The molecular formula is C12H15N3O3. The molecule has 1 heterocycles. The number of carbonyl (C=O) groups is 1. The number of methoxy groups -OCH3 is 1. The van der Waals surface area contributed by atoms with E-state index in [0.29, 0.717) is 17.6 Å². The van der Waals surface area contributed by atoms with Crippen molar-refractivity contribution in [3.63, 3.8) is 0 Å². The number of benzene rings is 1. The van der Waals surface area contributed by atoms with Crippen LogP contribution in [0.3, 0.4) is 0 Å². The fourth-order valence-electron chi connectivity index (χ4n) is 1.83. The highest BCUT2D eigenvalue weighted by Gasteiger charge is 2.11. The number of carbonyl (C=O) groups excluding carboxylic acids is 1. The lowest BCUT2D eigenvalue weighted by Crippen LogP contribution is -2.05. The molecule has 0 aliphatic rings. The molecule has 2 aromatic rings. The van der Waals surface area contributed by atoms with Gasteiger partial charge < -0.3 is 20.1 Å². The van der Waals surface area contributed by atoms with E-state index in [2.05, 4.69) is 9.72 Å². The standard InChI is InChI=1S/C12H15N3O3/c1-15-9-5-7(13)10(16)6-8(9)14-11(15)3-4-12(17)18-2/h5-6,16H,3-4,13H2,1-2H3. The van der Waals surface area contributed by atoms with Gasteiger partial charge in [0.25, 0.3) is 0 Å². The first-order valence-corrected chi connectivity index (χ1v) is 5.53. The lowest BCUT2D eigenvalue weighted by Gasteiger charge is -2.02. The van der Waals surface area contributed by atoms with E-state index in [1.165, 1.54) is 13.2 Å². The Labute approximate surface area is 104 Å². The molecule has 0 spiro atoms. The largest absolute Gasteiger partial charge is 0.506 e. The fraction of sp³-hybridized carbons (Fsp3) is 0.333. The second-order valence-electron chi connectivity index (χ2n) is 4.06. The summed E-state index contributed by atoms with van der Waals surface area (Å²) in [6.07, 6.45) is 0.758. The summed E-state index contributed by atoms with van der Waals surface area (Å²) in [4.78, 5) is 15.5. The van der Waals surface area contributed by atoms with Gasteiger partial charge in [0.2, 0.25) is 0 Å². The van der Waals surface area contributed by atoms with Crippen molar-refractivity contribution in [1.82, 2.24) is 9.55 Å². The van der Waals surface area contributed by atoms with Gasteiger partial charge in [-0.25, -0.2) is 4.98 Å². The highest BCUT2D eigenvalue weighted by molar-refractivity contribution is 5.83. The lowest BCUT2D eigenvalue weighted by molar-refractivity contribution is -0.140. The summed E-state index contributed by atoms with van der Waals surface area (Å²) in [6.45, 7) is 0. The number of nitrogens with two attached hydrogens (primary N) is 1. The van der Waals surface area contributed by atoms with Gasteiger partial charge in [0, 0.05) is 19.5 Å². The summed E-state index contributed by atoms with van der Waals surface area (Å²) in [5.74, 6) is 0.491. The quantitative estimate of drug-likeness (QED) is 0.480. The molecule has 2 rings (SSSR count). The SMILES string of the molecule is COC(=O)CCc1nc2cc(O)c(N)cc2n1C. The number of rotatable bonds is 3. The zero-order valence-electron chi connectivity index (χ0n) is 10.3. The van der Waals surface area contributed by atoms with Gasteiger partial charge in [0.05, 0.1) is 30.3 Å². The molecule has 0 aliphatic heterocycles. The van der Waals surface area contributed by atoms with E-state index in [1.54, 1.807) is 6.07 Å². The fourth-order valence-corrected chi connectivity index (χ4v) is 1.83. The van der Waals surface area contributed by atoms with Crippen LogP contribution in [0, 0.1) is 0 Å². The predicted molar refractivity (Wildman–Crippen MR) is 67.1 cm³/mol. The van der Waals surface area contributed by atoms with Gasteiger partial charge in [-0.1, -0.05) is 0 Å². The number of anilines is 1. The Hall–Kier alpha value is -2.24. The molecule has 1 aromatic carbocycles. The van der Waals surface area contributed by atoms with Gasteiger partial charge in [0.1, 0.15) is 11.6 Å². The maximum Gasteiger partial charge on any atom is 0.305 e. The number of phenols is 1. The summed E-state index contributed by atoms with van der Waals surface area (Å²) < 4.78 is 6.44. The maximum absolute atomic E-state index is 11.1. The summed E-state index contributed by atoms with van der Waals surface area (Å²) in [6, 6.07) is 3.19. The Bertz CT molecular complexity index is 604. The van der Waals surface area contributed by atoms with Crippen molar-refractivity contribution in [3.8, 4) is 5.75 Å². The van der Waals surface area contributed by atoms with E-state index in [9.17, 15) is 9.90 Å². The number of aryl methyl sites for hydroxylation is 2. The third-order valence-electron chi connectivity index (χ3n) is 2.90. The van der Waals surface area contributed by atoms with Crippen molar-refractivity contribution in [2.45, 2.75) is 12.8 Å². The average molecular weight is 249 g/mol. The Morgan fingerprint density at radius 3 is 2.94 bits per heavy atom. The van der Waals surface area contributed by atoms with Crippen molar-refractivity contribution < 1.29 is 14.6 Å². The van der Waals surface area contributed by atoms with Gasteiger partial charge >= 0.3 is 5.97 Å². The number of fused-ring (bicyclic) bond motifs is 1. The van der Waals surface area contributed by atoms with Crippen LogP contribution in [0.4, 0.5) is 5.69 Å². The van der Waals surface area contributed by atoms with Crippen LogP contribution in [0.1, 0.15) is 12.2 Å². The van der Waals surface area contributed by atoms with Crippen molar-refractivity contribution in [2.75, 3.05) is 12.8 Å². The lowest BCUT2D eigenvalue weighted by atomic mass is 10.2. The molecule has 3 N–H and O–H groups in total. The highest BCUT2D eigenvalue weighted by Crippen LogP contribution is 2.27. The van der Waals surface area contributed by atoms with E-state index < -0.39 is 0 Å². The molecule has 18 heavy (non-hydrogen) atoms. The summed E-state index contributed by atoms with van der Waals surface area (Å²) in [5, 5.41) is 9.53. The van der Waals surface area contributed by atoms with Crippen LogP contribution in [0.25, 0.3) is 11.0 Å². The number of phenolic OH excluding ortho intramolecular Hbond substituents is 1. The van der Waals surface area contributed by atoms with Crippen LogP contribution >= 0.6 is 0 Å². The number of aromatic nitrogens is 2. The molecule has 0 aliphatic carbocycles. The van der Waals surface area contributed by atoms with Crippen LogP contribution in [0.5, 0.6) is 5.75 Å². The Morgan fingerprint density at radius 2 is 2.28 bits per heavy atom. The molecule has 0 saturated carbocycles. The molecule has 96 valence electrons. The molecule has 6 heteroatoms. The number of hydrogen-bond acceptors (Lipinski definition) is 5. The van der Waals surface area contributed by atoms with Crippen LogP contribution in [0.2, 0.25) is 0 Å². The normalized spacial score (nSPS) is 10.8. The number of hydrogen-bond donors (Lipinski definition) is 2. The number of ether oxygens (including phenoxy) is 1. The van der Waals surface area contributed by atoms with Crippen molar-refractivity contribution in [1.29, 1.82) is 0 Å². The summed E-state index contributed by atoms with van der Waals surface area (Å²) in [5.41, 5.74) is 7.43. The smallest absolute Gasteiger partial charge is 0.305 e. The van der Waals surface area contributed by atoms with Gasteiger partial charge in [-0.05, 0) is 6.07 Å². The van der Waals surface area contributed by atoms with Crippen molar-refractivity contribution in [3.05, 3.63) is 18.0 Å². The summed E-state index contributed by atoms with van der Waals surface area (Å²) in [7, 11) is 3.20. The van der Waals surface area contributed by atoms with E-state index >= 15 is 0 Å². The van der Waals surface area contributed by atoms with E-state index in [-0.39, 0.29) is 18.1 Å². The van der Waals surface area contributed by atoms with Gasteiger partial charge in [-0.15, -0.1) is 0 Å². The van der Waals surface area contributed by atoms with Crippen molar-refractivity contribution >= 4 is 22.7 Å². The molecule has 0 fully saturated rings. The second kappa shape index (κ2) is 4.56. The Morgan fingerprint density at radius 1 is 1.56 bits per heavy atom. The molecular weight excluding hydrogens is 234 g/mol. The Balaban J connectivity index is 2.35. The predicted octanol–water partition coefficient (Wildman–Crippen LogP) is 0.967. The minimum Gasteiger partial charge on any atom is -0.506 e. The minimum absolute atomic E-state index is 0.0140. The number of esters is 1. The highest BCUT2D eigenvalue weighted by atomic mass is 16.5. The number of nitrogen functional groups attached to an aromatic ring is 1. The van der Waals surface area contributed by atoms with Crippen LogP contribution in [-0.4, -0.2) is 27.7 Å². The third-order valence-corrected chi connectivity index (χ3v) is 2.90. The molecule has 0 amide bonds. The van der Waals surface area contributed by atoms with Gasteiger partial charge in [0.15, 0.2) is 0 Å². The van der Waals surface area contributed by atoms with E-state index in [0.717, 1.165) is 11.3 Å². The summed E-state index contributed by atoms with van der Waals surface area (Å²) >= 11 is 0. The van der Waals surface area contributed by atoms with Gasteiger partial charge in [-0.2, -0.15) is 0 Å². The maximum atomic E-state index is 11.1. The molecule has 1 aromatic heterocycles. The average Bonchev–Trinajstić information content (AvgIpc) is 2.64. The Kier molecular flexibility index (Phi) is 3.10. The number of nitrogens with zero attached hydrogens (tertiary/aromatic N) is 2. The second-order valence-corrected chi connectivity index (χ2v) is 4.06. The van der Waals surface area contributed by atoms with Crippen LogP contribution in [-0.2, 0) is 23.0 Å². The van der Waals surface area contributed by atoms with E-state index in [1.807, 2.05) is 11.6 Å². The monoisotopic (exact) mass is 249 g/mol. The molecule has 0 saturated heterocycles. The van der Waals surface area contributed by atoms with Gasteiger partial charge in [-0.3, -0.25) is 4.79 Å². The zero-order chi connectivity index (χ0) is 13.3. The topological polar surface area (TPSA) is 90.4 Å². The molecule has 0 radical (unpaired) electrons. The molecule has 6 nitrogen and oxygen atoms in total. The van der Waals surface area contributed by atoms with Crippen LogP contribution in [0.15, 0.2) is 12.1 Å². The van der Waals surface area contributed by atoms with E-state index in [4.69, 9.17) is 5.73 Å². The molecule has 0 atom stereocenters. The number of imidazole rings is 1. The van der Waals surface area contributed by atoms with Crippen molar-refractivity contribution in [2.24, 2.45) is 7.05 Å². The first-order valence-electron chi connectivity index (χ1n) is 5.53.